The second kappa shape index (κ2) is 21.8. The molecule has 8 rings (SSSR count). The van der Waals surface area contributed by atoms with E-state index >= 15 is 0 Å². The van der Waals surface area contributed by atoms with Crippen LogP contribution in [0.4, 0.5) is 5.69 Å². The molecule has 2 aliphatic heterocycles. The summed E-state index contributed by atoms with van der Waals surface area (Å²) < 4.78 is 18.2. The minimum Gasteiger partial charge on any atom is -0.508 e. The van der Waals surface area contributed by atoms with Crippen LogP contribution in [0.3, 0.4) is 0 Å². The fraction of sp³-hybridized carbons (Fsp3) is 0.364. The number of ketones is 1. The lowest BCUT2D eigenvalue weighted by molar-refractivity contribution is -0.121. The molecular weight excluding hydrogens is 787 g/mol. The van der Waals surface area contributed by atoms with Crippen LogP contribution in [0.1, 0.15) is 85.8 Å². The normalized spacial score (nSPS) is 18.8. The smallest absolute Gasteiger partial charge is 0.161 e. The van der Waals surface area contributed by atoms with E-state index in [0.29, 0.717) is 37.4 Å². The van der Waals surface area contributed by atoms with E-state index in [1.807, 2.05) is 67.6 Å². The third kappa shape index (κ3) is 12.3. The first kappa shape index (κ1) is 44.9. The quantitative estimate of drug-likeness (QED) is 0.0645. The van der Waals surface area contributed by atoms with Crippen molar-refractivity contribution >= 4 is 22.2 Å². The number of fused-ring (bicyclic) bond motifs is 9. The number of unbranched alkanes of at least 4 members (excludes halogenated alkanes) is 1. The number of hydrogen-bond donors (Lipinski definition) is 4. The molecule has 3 aliphatic rings. The lowest BCUT2D eigenvalue weighted by Gasteiger charge is -2.28. The largest absolute Gasteiger partial charge is 0.508 e. The van der Waals surface area contributed by atoms with Gasteiger partial charge in [0.2, 0.25) is 0 Å². The summed E-state index contributed by atoms with van der Waals surface area (Å²) in [4.78, 5) is 13.7. The van der Waals surface area contributed by atoms with Gasteiger partial charge in [-0.3, -0.25) is 4.79 Å². The number of aliphatic hydroxyl groups is 2. The average Bonchev–Trinajstić information content (AvgIpc) is 3.28. The molecule has 0 amide bonds. The summed E-state index contributed by atoms with van der Waals surface area (Å²) in [5.41, 5.74) is 7.15. The van der Waals surface area contributed by atoms with E-state index in [-0.39, 0.29) is 48.0 Å². The van der Waals surface area contributed by atoms with Crippen molar-refractivity contribution in [3.05, 3.63) is 154 Å². The predicted octanol–water partition coefficient (Wildman–Crippen LogP) is 10.9. The lowest BCUT2D eigenvalue weighted by Crippen LogP contribution is -2.33. The van der Waals surface area contributed by atoms with Gasteiger partial charge in [0.15, 0.2) is 11.5 Å². The molecule has 0 aromatic heterocycles. The van der Waals surface area contributed by atoms with Gasteiger partial charge in [-0.15, -0.1) is 0 Å². The van der Waals surface area contributed by atoms with Crippen LogP contribution in [0.15, 0.2) is 121 Å². The molecule has 2 heterocycles. The summed E-state index contributed by atoms with van der Waals surface area (Å²) >= 11 is 0. The SMILES string of the molecule is CCc1cc(O)c2c3ccc(cc13)COc1cc(ccc1OC)CCC(=O)C[C@H](C[C@@H]1C=C(O)C=C[C@H]1CCCCc1cccc(N[C@H](Cc3ccccc3)[C@H](C)O)c1)OC#CC2. The van der Waals surface area contributed by atoms with Crippen molar-refractivity contribution in [1.29, 1.82) is 0 Å². The highest BCUT2D eigenvalue weighted by molar-refractivity contribution is 5.91. The zero-order chi connectivity index (χ0) is 44.1. The summed E-state index contributed by atoms with van der Waals surface area (Å²) in [5.74, 6) is 4.99. The van der Waals surface area contributed by atoms with Gasteiger partial charge in [-0.25, -0.2) is 0 Å². The molecule has 5 aromatic carbocycles. The molecule has 5 atom stereocenters. The zero-order valence-corrected chi connectivity index (χ0v) is 36.8. The molecule has 0 saturated heterocycles. The van der Waals surface area contributed by atoms with Crippen molar-refractivity contribution in [2.24, 2.45) is 11.8 Å². The first-order chi connectivity index (χ1) is 30.6. The molecule has 4 N–H and O–H groups in total. The third-order valence-corrected chi connectivity index (χ3v) is 12.5. The number of nitrogens with one attached hydrogen (secondary N) is 1. The molecule has 0 unspecified atom stereocenters. The number of rotatable bonds is 14. The highest BCUT2D eigenvalue weighted by Crippen LogP contribution is 2.35. The summed E-state index contributed by atoms with van der Waals surface area (Å²) in [5, 5.41) is 37.9. The molecule has 328 valence electrons. The fourth-order valence-corrected chi connectivity index (χ4v) is 8.94. The number of phenolic OH excluding ortho intramolecular Hbond substituents is 1. The summed E-state index contributed by atoms with van der Waals surface area (Å²) in [6.45, 7) is 4.24. The van der Waals surface area contributed by atoms with Crippen LogP contribution < -0.4 is 14.8 Å². The van der Waals surface area contributed by atoms with Gasteiger partial charge < -0.3 is 34.8 Å². The maximum Gasteiger partial charge on any atom is 0.161 e. The van der Waals surface area contributed by atoms with Gasteiger partial charge in [0.05, 0.1) is 19.3 Å². The lowest BCUT2D eigenvalue weighted by atomic mass is 9.80. The summed E-state index contributed by atoms with van der Waals surface area (Å²) in [6.07, 6.45) is 14.8. The van der Waals surface area contributed by atoms with Crippen molar-refractivity contribution in [2.75, 3.05) is 12.4 Å². The van der Waals surface area contributed by atoms with Crippen molar-refractivity contribution in [3.8, 4) is 29.3 Å². The van der Waals surface area contributed by atoms with Gasteiger partial charge in [-0.2, -0.15) is 0 Å². The topological polar surface area (TPSA) is 117 Å². The molecular formula is C55H61NO7. The summed E-state index contributed by atoms with van der Waals surface area (Å²) in [6, 6.07) is 32.4. The van der Waals surface area contributed by atoms with E-state index in [1.165, 1.54) is 11.1 Å². The van der Waals surface area contributed by atoms with Gasteiger partial charge >= 0.3 is 0 Å². The van der Waals surface area contributed by atoms with Gasteiger partial charge in [0.25, 0.3) is 0 Å². The molecule has 1 aliphatic carbocycles. The van der Waals surface area contributed by atoms with Crippen LogP contribution >= 0.6 is 0 Å². The number of carbonyl (C=O) groups excluding carboxylic acids is 1. The number of phenols is 1. The first-order valence-corrected chi connectivity index (χ1v) is 22.5. The number of Topliss-reactive ketones (excluding diaryl/α,β-unsaturated/α-hetero) is 1. The van der Waals surface area contributed by atoms with Crippen LogP contribution in [-0.2, 0) is 48.2 Å². The van der Waals surface area contributed by atoms with E-state index < -0.39 is 12.2 Å². The number of carbonyl (C=O) groups is 1. The van der Waals surface area contributed by atoms with E-state index in [4.69, 9.17) is 14.2 Å². The number of aliphatic hydroxyl groups excluding tert-OH is 2. The van der Waals surface area contributed by atoms with Gasteiger partial charge in [0, 0.05) is 30.5 Å². The number of allylic oxidation sites excluding steroid dienone is 3. The van der Waals surface area contributed by atoms with E-state index in [0.717, 1.165) is 77.2 Å². The Labute approximate surface area is 372 Å². The van der Waals surface area contributed by atoms with Crippen LogP contribution in [0.25, 0.3) is 10.8 Å². The molecule has 5 aromatic rings. The monoisotopic (exact) mass is 847 g/mol. The Morgan fingerprint density at radius 2 is 1.71 bits per heavy atom. The second-order valence-corrected chi connectivity index (χ2v) is 17.1. The van der Waals surface area contributed by atoms with Gasteiger partial charge in [0.1, 0.15) is 36.1 Å². The van der Waals surface area contributed by atoms with Crippen molar-refractivity contribution < 1.29 is 34.3 Å². The van der Waals surface area contributed by atoms with Crippen molar-refractivity contribution in [1.82, 2.24) is 0 Å². The van der Waals surface area contributed by atoms with Gasteiger partial charge in [-0.1, -0.05) is 86.0 Å². The number of ether oxygens (including phenoxy) is 3. The minimum absolute atomic E-state index is 0.0455. The van der Waals surface area contributed by atoms with Crippen molar-refractivity contribution in [2.45, 2.75) is 109 Å². The number of aromatic hydroxyl groups is 1. The van der Waals surface area contributed by atoms with E-state index in [1.54, 1.807) is 13.2 Å². The fourth-order valence-electron chi connectivity index (χ4n) is 8.94. The Hall–Kier alpha value is -6.17. The van der Waals surface area contributed by atoms with Crippen LogP contribution in [0.2, 0.25) is 0 Å². The predicted molar refractivity (Wildman–Crippen MR) is 251 cm³/mol. The maximum absolute atomic E-state index is 13.7. The Morgan fingerprint density at radius 3 is 2.52 bits per heavy atom. The molecule has 0 fully saturated rings. The second-order valence-electron chi connectivity index (χ2n) is 17.1. The zero-order valence-electron chi connectivity index (χ0n) is 36.8. The molecule has 8 heteroatoms. The molecule has 6 bridgehead atoms. The molecule has 63 heavy (non-hydrogen) atoms. The Bertz CT molecular complexity index is 2460. The Balaban J connectivity index is 1.04. The van der Waals surface area contributed by atoms with Crippen LogP contribution in [0, 0.1) is 23.9 Å². The van der Waals surface area contributed by atoms with E-state index in [2.05, 4.69) is 72.8 Å². The summed E-state index contributed by atoms with van der Waals surface area (Å²) in [7, 11) is 1.62. The number of benzene rings is 5. The highest BCUT2D eigenvalue weighted by atomic mass is 16.5. The molecule has 0 radical (unpaired) electrons. The van der Waals surface area contributed by atoms with Gasteiger partial charge in [-0.05, 0) is 151 Å². The molecule has 8 nitrogen and oxygen atoms in total. The highest BCUT2D eigenvalue weighted by Gasteiger charge is 2.27. The van der Waals surface area contributed by atoms with Crippen LogP contribution in [-0.4, -0.2) is 46.5 Å². The molecule has 0 spiro atoms. The Morgan fingerprint density at radius 1 is 0.889 bits per heavy atom. The van der Waals surface area contributed by atoms with Crippen LogP contribution in [0.5, 0.6) is 17.2 Å². The number of anilines is 1. The standard InChI is InChI=1S/C55H61NO7/c1-4-42-34-53(60)50-18-11-27-62-48(35-47(59)23-19-40-21-26-54(61-3)55(31-40)63-36-41-20-25-49(50)51(42)29-41)33-44-32-46(58)24-22-43(44)16-9-8-14-38-15-10-17-45(28-38)56-52(37(2)57)30-39-12-6-5-7-13-39/h5-7,10,12-13,15,17,20-22,24-26,28-29,31-32,34,37,43-44,48,52,56-58,60H,4,8-9,14,16,18-19,23,30,33,35-36H2,1-3H3/t37-,43+,44-,48-,52+/m0/s1. The first-order valence-electron chi connectivity index (χ1n) is 22.5. The minimum atomic E-state index is -0.515. The third-order valence-electron chi connectivity index (χ3n) is 12.5. The average molecular weight is 848 g/mol. The number of methoxy groups -OCH3 is 1. The molecule has 0 saturated carbocycles. The van der Waals surface area contributed by atoms with E-state index in [9.17, 15) is 20.1 Å². The Kier molecular flexibility index (Phi) is 15.5. The maximum atomic E-state index is 13.7. The number of aryl methyl sites for hydroxylation is 3. The van der Waals surface area contributed by atoms with Crippen molar-refractivity contribution in [3.63, 3.8) is 0 Å². The number of hydrogen-bond acceptors (Lipinski definition) is 8.